The van der Waals surface area contributed by atoms with E-state index in [2.05, 4.69) is 5.32 Å². The van der Waals surface area contributed by atoms with Gasteiger partial charge in [0, 0.05) is 31.3 Å². The van der Waals surface area contributed by atoms with Crippen LogP contribution in [-0.2, 0) is 11.2 Å². The van der Waals surface area contributed by atoms with Crippen molar-refractivity contribution in [1.82, 2.24) is 5.32 Å². The van der Waals surface area contributed by atoms with E-state index in [1.54, 1.807) is 18.0 Å². The Balaban J connectivity index is 1.66. The lowest BCUT2D eigenvalue weighted by Crippen LogP contribution is -2.42. The number of amides is 2. The van der Waals surface area contributed by atoms with Gasteiger partial charge in [0.05, 0.1) is 5.60 Å². The average Bonchev–Trinajstić information content (AvgIpc) is 2.81. The van der Waals surface area contributed by atoms with E-state index in [9.17, 15) is 14.7 Å². The van der Waals surface area contributed by atoms with Crippen molar-refractivity contribution in [2.24, 2.45) is 0 Å². The van der Waals surface area contributed by atoms with Crippen molar-refractivity contribution in [2.75, 3.05) is 18.5 Å². The van der Waals surface area contributed by atoms with Gasteiger partial charge in [0.1, 0.15) is 0 Å². The maximum absolute atomic E-state index is 12.4. The van der Waals surface area contributed by atoms with Crippen molar-refractivity contribution >= 4 is 17.5 Å². The van der Waals surface area contributed by atoms with Crippen LogP contribution in [0.25, 0.3) is 0 Å². The first-order valence-corrected chi connectivity index (χ1v) is 8.89. The number of hydrogen-bond acceptors (Lipinski definition) is 3. The Morgan fingerprint density at radius 1 is 1.21 bits per heavy atom. The zero-order valence-corrected chi connectivity index (χ0v) is 14.3. The van der Waals surface area contributed by atoms with E-state index in [1.165, 1.54) is 0 Å². The highest BCUT2D eigenvalue weighted by molar-refractivity contribution is 5.98. The summed E-state index contributed by atoms with van der Waals surface area (Å²) in [7, 11) is 1.77. The normalized spacial score (nSPS) is 20.2. The van der Waals surface area contributed by atoms with Gasteiger partial charge in [0.25, 0.3) is 5.91 Å². The van der Waals surface area contributed by atoms with Crippen LogP contribution < -0.4 is 10.2 Å². The molecular formula is C19H26N2O3. The number of fused-ring (bicyclic) bond motifs is 1. The fourth-order valence-electron chi connectivity index (χ4n) is 3.71. The Kier molecular flexibility index (Phi) is 4.90. The molecule has 2 amide bonds. The molecule has 1 aliphatic heterocycles. The zero-order valence-electron chi connectivity index (χ0n) is 14.3. The van der Waals surface area contributed by atoms with E-state index in [0.29, 0.717) is 24.9 Å². The van der Waals surface area contributed by atoms with Gasteiger partial charge < -0.3 is 15.3 Å². The topological polar surface area (TPSA) is 69.6 Å². The van der Waals surface area contributed by atoms with Gasteiger partial charge in [0.2, 0.25) is 5.91 Å². The number of rotatable bonds is 3. The van der Waals surface area contributed by atoms with Crippen LogP contribution in [0.3, 0.4) is 0 Å². The molecule has 0 radical (unpaired) electrons. The van der Waals surface area contributed by atoms with Crippen LogP contribution >= 0.6 is 0 Å². The quantitative estimate of drug-likeness (QED) is 0.836. The van der Waals surface area contributed by atoms with Crippen molar-refractivity contribution in [2.45, 2.75) is 57.0 Å². The Hall–Kier alpha value is -1.88. The van der Waals surface area contributed by atoms with Crippen LogP contribution in [0.2, 0.25) is 0 Å². The van der Waals surface area contributed by atoms with Crippen molar-refractivity contribution in [3.8, 4) is 0 Å². The Bertz CT molecular complexity index is 633. The minimum Gasteiger partial charge on any atom is -0.388 e. The summed E-state index contributed by atoms with van der Waals surface area (Å²) in [4.78, 5) is 25.8. The van der Waals surface area contributed by atoms with Gasteiger partial charge in [-0.1, -0.05) is 25.7 Å². The molecule has 24 heavy (non-hydrogen) atoms. The number of carbonyl (C=O) groups is 2. The molecule has 0 unspecified atom stereocenters. The van der Waals surface area contributed by atoms with Crippen molar-refractivity contribution < 1.29 is 14.7 Å². The molecule has 130 valence electrons. The summed E-state index contributed by atoms with van der Waals surface area (Å²) in [6.07, 6.45) is 7.02. The Morgan fingerprint density at radius 3 is 2.62 bits per heavy atom. The smallest absolute Gasteiger partial charge is 0.251 e. The number of benzene rings is 1. The van der Waals surface area contributed by atoms with Crippen LogP contribution in [0.5, 0.6) is 0 Å². The molecule has 0 aromatic heterocycles. The summed E-state index contributed by atoms with van der Waals surface area (Å²) in [6.45, 7) is 0.307. The van der Waals surface area contributed by atoms with Gasteiger partial charge in [-0.2, -0.15) is 0 Å². The largest absolute Gasteiger partial charge is 0.388 e. The van der Waals surface area contributed by atoms with Crippen LogP contribution in [0.4, 0.5) is 5.69 Å². The van der Waals surface area contributed by atoms with E-state index < -0.39 is 5.60 Å². The summed E-state index contributed by atoms with van der Waals surface area (Å²) in [6, 6.07) is 5.45. The van der Waals surface area contributed by atoms with Gasteiger partial charge in [-0.05, 0) is 43.0 Å². The van der Waals surface area contributed by atoms with Crippen molar-refractivity contribution in [3.05, 3.63) is 29.3 Å². The number of nitrogens with one attached hydrogen (secondary N) is 1. The third-order valence-corrected chi connectivity index (χ3v) is 5.30. The molecule has 5 nitrogen and oxygen atoms in total. The number of anilines is 1. The summed E-state index contributed by atoms with van der Waals surface area (Å²) in [5.74, 6) is -0.0506. The highest BCUT2D eigenvalue weighted by atomic mass is 16.3. The Morgan fingerprint density at radius 2 is 1.92 bits per heavy atom. The van der Waals surface area contributed by atoms with Crippen LogP contribution in [0.1, 0.15) is 60.9 Å². The average molecular weight is 330 g/mol. The SMILES string of the molecule is CN1C(=O)CCc2cc(C(=O)NCC3(O)CCCCCC3)ccc21. The lowest BCUT2D eigenvalue weighted by Gasteiger charge is -2.27. The molecular weight excluding hydrogens is 304 g/mol. The molecule has 1 aliphatic carbocycles. The van der Waals surface area contributed by atoms with Crippen molar-refractivity contribution in [3.63, 3.8) is 0 Å². The van der Waals surface area contributed by atoms with Gasteiger partial charge in [-0.15, -0.1) is 0 Å². The first-order valence-electron chi connectivity index (χ1n) is 8.89. The first kappa shape index (κ1) is 17.0. The predicted octanol–water partition coefficient (Wildman–Crippen LogP) is 2.41. The van der Waals surface area contributed by atoms with E-state index in [0.717, 1.165) is 49.8 Å². The summed E-state index contributed by atoms with van der Waals surface area (Å²) in [5, 5.41) is 13.5. The molecule has 2 aliphatic rings. The zero-order chi connectivity index (χ0) is 17.2. The number of nitrogens with zero attached hydrogens (tertiary/aromatic N) is 1. The van der Waals surface area contributed by atoms with Gasteiger partial charge in [-0.25, -0.2) is 0 Å². The molecule has 1 aromatic carbocycles. The highest BCUT2D eigenvalue weighted by Crippen LogP contribution is 2.28. The maximum atomic E-state index is 12.4. The van der Waals surface area contributed by atoms with Crippen LogP contribution in [0.15, 0.2) is 18.2 Å². The monoisotopic (exact) mass is 330 g/mol. The van der Waals surface area contributed by atoms with Crippen molar-refractivity contribution in [1.29, 1.82) is 0 Å². The maximum Gasteiger partial charge on any atom is 0.251 e. The van der Waals surface area contributed by atoms with Gasteiger partial charge in [-0.3, -0.25) is 9.59 Å². The summed E-state index contributed by atoms with van der Waals surface area (Å²) in [5.41, 5.74) is 1.73. The highest BCUT2D eigenvalue weighted by Gasteiger charge is 2.29. The molecule has 0 saturated heterocycles. The number of aliphatic hydroxyl groups is 1. The molecule has 0 spiro atoms. The standard InChI is InChI=1S/C19H26N2O3/c1-21-16-8-6-15(12-14(16)7-9-17(21)22)18(23)20-13-19(24)10-4-2-3-5-11-19/h6,8,12,24H,2-5,7,9-11,13H2,1H3,(H,20,23). The Labute approximate surface area is 143 Å². The van der Waals surface area contributed by atoms with E-state index in [1.807, 2.05) is 12.1 Å². The lowest BCUT2D eigenvalue weighted by molar-refractivity contribution is -0.118. The lowest BCUT2D eigenvalue weighted by atomic mass is 9.94. The second kappa shape index (κ2) is 6.93. The van der Waals surface area contributed by atoms with E-state index in [4.69, 9.17) is 0 Å². The molecule has 5 heteroatoms. The molecule has 2 N–H and O–H groups in total. The third kappa shape index (κ3) is 3.61. The van der Waals surface area contributed by atoms with E-state index >= 15 is 0 Å². The number of aryl methyl sites for hydroxylation is 1. The van der Waals surface area contributed by atoms with Gasteiger partial charge in [0.15, 0.2) is 0 Å². The second-order valence-corrected chi connectivity index (χ2v) is 7.12. The summed E-state index contributed by atoms with van der Waals surface area (Å²) < 4.78 is 0. The van der Waals surface area contributed by atoms with E-state index in [-0.39, 0.29) is 11.8 Å². The third-order valence-electron chi connectivity index (χ3n) is 5.30. The number of hydrogen-bond donors (Lipinski definition) is 2. The molecule has 0 bridgehead atoms. The molecule has 1 fully saturated rings. The molecule has 1 heterocycles. The molecule has 1 aromatic rings. The van der Waals surface area contributed by atoms with Gasteiger partial charge >= 0.3 is 0 Å². The molecule has 3 rings (SSSR count). The number of carbonyl (C=O) groups excluding carboxylic acids is 2. The fourth-order valence-corrected chi connectivity index (χ4v) is 3.71. The predicted molar refractivity (Wildman–Crippen MR) is 93.2 cm³/mol. The second-order valence-electron chi connectivity index (χ2n) is 7.12. The fraction of sp³-hybridized carbons (Fsp3) is 0.579. The minimum atomic E-state index is -0.771. The molecule has 1 saturated carbocycles. The van der Waals surface area contributed by atoms with Crippen LogP contribution in [0, 0.1) is 0 Å². The summed E-state index contributed by atoms with van der Waals surface area (Å²) >= 11 is 0. The molecule has 0 atom stereocenters. The minimum absolute atomic E-state index is 0.107. The first-order chi connectivity index (χ1) is 11.5. The van der Waals surface area contributed by atoms with Crippen LogP contribution in [-0.4, -0.2) is 36.1 Å².